The summed E-state index contributed by atoms with van der Waals surface area (Å²) in [6.07, 6.45) is 0. The van der Waals surface area contributed by atoms with E-state index in [0.29, 0.717) is 18.1 Å². The maximum Gasteiger partial charge on any atom is 0.191 e. The molecule has 0 saturated carbocycles. The topological polar surface area (TPSA) is 79.8 Å². The first-order valence-corrected chi connectivity index (χ1v) is 10.8. The molecule has 2 aromatic rings. The van der Waals surface area contributed by atoms with Crippen LogP contribution >= 0.6 is 0 Å². The molecule has 2 N–H and O–H groups in total. The number of halogens is 2. The third-order valence-corrected chi connectivity index (χ3v) is 5.90. The van der Waals surface area contributed by atoms with Crippen molar-refractivity contribution in [1.29, 1.82) is 0 Å². The van der Waals surface area contributed by atoms with E-state index in [1.165, 1.54) is 37.4 Å². The highest BCUT2D eigenvalue weighted by Gasteiger charge is 2.18. The molecule has 0 radical (unpaired) electrons. The molecule has 0 spiro atoms. The number of nitrogens with one attached hydrogen (secondary N) is 2. The van der Waals surface area contributed by atoms with Gasteiger partial charge in [-0.05, 0) is 43.7 Å². The Morgan fingerprint density at radius 2 is 1.90 bits per heavy atom. The fraction of sp³-hybridized carbons (Fsp3) is 0.350. The van der Waals surface area contributed by atoms with Crippen molar-refractivity contribution in [3.05, 3.63) is 59.7 Å². The lowest BCUT2D eigenvalue weighted by atomic mass is 10.1. The highest BCUT2D eigenvalue weighted by molar-refractivity contribution is 7.91. The van der Waals surface area contributed by atoms with Crippen molar-refractivity contribution < 1.29 is 21.9 Å². The number of nitrogens with zero attached hydrogens (tertiary/aromatic N) is 1. The molecule has 0 bridgehead atoms. The number of rotatable bonds is 8. The monoisotopic (exact) mass is 425 g/mol. The lowest BCUT2D eigenvalue weighted by Gasteiger charge is -2.18. The van der Waals surface area contributed by atoms with E-state index < -0.39 is 21.5 Å². The van der Waals surface area contributed by atoms with Crippen LogP contribution in [0.2, 0.25) is 0 Å². The summed E-state index contributed by atoms with van der Waals surface area (Å²) in [5, 5.41) is 6.11. The summed E-state index contributed by atoms with van der Waals surface area (Å²) in [6.45, 7) is 4.18. The number of guanidine groups is 1. The summed E-state index contributed by atoms with van der Waals surface area (Å²) in [6, 6.07) is 9.58. The van der Waals surface area contributed by atoms with Crippen LogP contribution in [0.5, 0.6) is 5.75 Å². The minimum atomic E-state index is -3.80. The first-order valence-electron chi connectivity index (χ1n) is 9.14. The predicted octanol–water partition coefficient (Wildman–Crippen LogP) is 3.06. The Bertz CT molecular complexity index is 965. The van der Waals surface area contributed by atoms with Crippen molar-refractivity contribution >= 4 is 15.8 Å². The highest BCUT2D eigenvalue weighted by Crippen LogP contribution is 2.21. The van der Waals surface area contributed by atoms with E-state index >= 15 is 0 Å². The average molecular weight is 426 g/mol. The number of hydrogen-bond donors (Lipinski definition) is 2. The molecule has 1 atom stereocenters. The molecule has 2 aromatic carbocycles. The zero-order valence-corrected chi connectivity index (χ0v) is 17.4. The molecule has 0 saturated heterocycles. The summed E-state index contributed by atoms with van der Waals surface area (Å²) < 4.78 is 57.3. The summed E-state index contributed by atoms with van der Waals surface area (Å²) >= 11 is 0. The second-order valence-electron chi connectivity index (χ2n) is 6.27. The second kappa shape index (κ2) is 10.2. The Hall–Kier alpha value is -2.68. The van der Waals surface area contributed by atoms with Crippen LogP contribution in [-0.2, 0) is 9.84 Å². The highest BCUT2D eigenvalue weighted by atomic mass is 32.2. The van der Waals surface area contributed by atoms with Crippen LogP contribution in [0.3, 0.4) is 0 Å². The Labute approximate surface area is 169 Å². The zero-order valence-electron chi connectivity index (χ0n) is 16.6. The molecular formula is C20H25F2N3O3S. The van der Waals surface area contributed by atoms with Gasteiger partial charge < -0.3 is 15.4 Å². The van der Waals surface area contributed by atoms with Crippen LogP contribution in [0.1, 0.15) is 25.5 Å². The number of sulfone groups is 1. The lowest BCUT2D eigenvalue weighted by molar-refractivity contribution is 0.386. The van der Waals surface area contributed by atoms with Gasteiger partial charge in [-0.25, -0.2) is 17.2 Å². The number of ether oxygens (including phenoxy) is 1. The van der Waals surface area contributed by atoms with Gasteiger partial charge in [-0.15, -0.1) is 0 Å². The molecule has 0 aliphatic rings. The number of hydrogen-bond acceptors (Lipinski definition) is 4. The minimum Gasteiger partial charge on any atom is -0.494 e. The predicted molar refractivity (Wildman–Crippen MR) is 109 cm³/mol. The van der Waals surface area contributed by atoms with E-state index in [2.05, 4.69) is 15.6 Å². The van der Waals surface area contributed by atoms with Gasteiger partial charge in [-0.1, -0.05) is 18.2 Å². The van der Waals surface area contributed by atoms with E-state index in [1.807, 2.05) is 13.8 Å². The number of benzene rings is 2. The van der Waals surface area contributed by atoms with Crippen LogP contribution in [-0.4, -0.2) is 40.3 Å². The van der Waals surface area contributed by atoms with Gasteiger partial charge in [0, 0.05) is 6.54 Å². The summed E-state index contributed by atoms with van der Waals surface area (Å²) in [5.41, 5.74) is 0.674. The van der Waals surface area contributed by atoms with Gasteiger partial charge in [-0.3, -0.25) is 4.99 Å². The van der Waals surface area contributed by atoms with Crippen LogP contribution < -0.4 is 15.4 Å². The number of methoxy groups -OCH3 is 1. The van der Waals surface area contributed by atoms with Crippen LogP contribution in [0, 0.1) is 11.6 Å². The molecule has 6 nitrogen and oxygen atoms in total. The third-order valence-electron chi connectivity index (χ3n) is 4.17. The molecule has 0 aromatic heterocycles. The van der Waals surface area contributed by atoms with Crippen molar-refractivity contribution in [1.82, 2.24) is 10.6 Å². The van der Waals surface area contributed by atoms with Crippen LogP contribution in [0.15, 0.2) is 52.4 Å². The molecule has 0 fully saturated rings. The molecule has 158 valence electrons. The van der Waals surface area contributed by atoms with Crippen LogP contribution in [0.25, 0.3) is 0 Å². The van der Waals surface area contributed by atoms with Gasteiger partial charge in [0.15, 0.2) is 27.4 Å². The SMILES string of the molecule is CCNC(=NCCS(=O)(=O)c1ccccc1F)NC(C)c1ccc(OC)c(F)c1. The number of aliphatic imine (C=N–C) groups is 1. The molecule has 0 aliphatic heterocycles. The minimum absolute atomic E-state index is 0.0598. The van der Waals surface area contributed by atoms with Gasteiger partial charge in [0.1, 0.15) is 10.7 Å². The molecule has 29 heavy (non-hydrogen) atoms. The van der Waals surface area contributed by atoms with Crippen molar-refractivity contribution in [3.8, 4) is 5.75 Å². The standard InChI is InChI=1S/C20H25F2N3O3S/c1-4-23-20(25-14(2)15-9-10-18(28-3)17(22)13-15)24-11-12-29(26,27)19-8-6-5-7-16(19)21/h5-10,13-14H,4,11-12H2,1-3H3,(H2,23,24,25). The average Bonchev–Trinajstić information content (AvgIpc) is 2.68. The maximum absolute atomic E-state index is 13.9. The summed E-state index contributed by atoms with van der Waals surface area (Å²) in [7, 11) is -2.40. The van der Waals surface area contributed by atoms with E-state index in [4.69, 9.17) is 4.74 Å². The molecule has 1 unspecified atom stereocenters. The molecule has 0 heterocycles. The Balaban J connectivity index is 2.07. The molecular weight excluding hydrogens is 400 g/mol. The van der Waals surface area contributed by atoms with Gasteiger partial charge in [-0.2, -0.15) is 0 Å². The summed E-state index contributed by atoms with van der Waals surface area (Å²) in [4.78, 5) is 3.91. The first-order chi connectivity index (χ1) is 13.8. The third kappa shape index (κ3) is 6.15. The second-order valence-corrected chi connectivity index (χ2v) is 8.35. The van der Waals surface area contributed by atoms with Crippen LogP contribution in [0.4, 0.5) is 8.78 Å². The quantitative estimate of drug-likeness (QED) is 0.502. The maximum atomic E-state index is 13.9. The fourth-order valence-corrected chi connectivity index (χ4v) is 3.85. The normalized spacial score (nSPS) is 13.1. The van der Waals surface area contributed by atoms with E-state index in [-0.39, 0.29) is 29.0 Å². The van der Waals surface area contributed by atoms with Gasteiger partial charge in [0.2, 0.25) is 0 Å². The van der Waals surface area contributed by atoms with Gasteiger partial charge in [0.05, 0.1) is 25.4 Å². The van der Waals surface area contributed by atoms with E-state index in [1.54, 1.807) is 6.07 Å². The molecule has 0 amide bonds. The molecule has 9 heteroatoms. The lowest BCUT2D eigenvalue weighted by Crippen LogP contribution is -2.39. The Kier molecular flexibility index (Phi) is 7.95. The molecule has 2 rings (SSSR count). The van der Waals surface area contributed by atoms with E-state index in [9.17, 15) is 17.2 Å². The van der Waals surface area contributed by atoms with Gasteiger partial charge in [0.25, 0.3) is 0 Å². The Morgan fingerprint density at radius 1 is 1.17 bits per heavy atom. The molecule has 0 aliphatic carbocycles. The van der Waals surface area contributed by atoms with Gasteiger partial charge >= 0.3 is 0 Å². The van der Waals surface area contributed by atoms with E-state index in [0.717, 1.165) is 6.07 Å². The Morgan fingerprint density at radius 3 is 2.52 bits per heavy atom. The smallest absolute Gasteiger partial charge is 0.191 e. The first kappa shape index (κ1) is 22.6. The largest absolute Gasteiger partial charge is 0.494 e. The fourth-order valence-electron chi connectivity index (χ4n) is 2.64. The van der Waals surface area contributed by atoms with Crippen molar-refractivity contribution in [2.24, 2.45) is 4.99 Å². The van der Waals surface area contributed by atoms with Crippen molar-refractivity contribution in [3.63, 3.8) is 0 Å². The van der Waals surface area contributed by atoms with Crippen molar-refractivity contribution in [2.75, 3.05) is 26.0 Å². The summed E-state index contributed by atoms with van der Waals surface area (Å²) in [5.74, 6) is -1.07. The zero-order chi connectivity index (χ0) is 21.4. The van der Waals surface area contributed by atoms with Crippen molar-refractivity contribution in [2.45, 2.75) is 24.8 Å².